The molecule has 1 fully saturated rings. The summed E-state index contributed by atoms with van der Waals surface area (Å²) in [5.41, 5.74) is 0.819. The van der Waals surface area contributed by atoms with Gasteiger partial charge in [-0.15, -0.1) is 0 Å². The van der Waals surface area contributed by atoms with Crippen molar-refractivity contribution in [1.82, 2.24) is 10.6 Å². The number of nitrogens with one attached hydrogen (secondary N) is 2. The molecular weight excluding hydrogens is 250 g/mol. The third-order valence-electron chi connectivity index (χ3n) is 2.75. The fourth-order valence-electron chi connectivity index (χ4n) is 1.82. The maximum Gasteiger partial charge on any atom is 0.245 e. The molecule has 1 aromatic carbocycles. The molecule has 5 nitrogen and oxygen atoms in total. The monoisotopic (exact) mass is 261 g/mol. The second-order valence-electron chi connectivity index (χ2n) is 3.82. The lowest BCUT2D eigenvalue weighted by Crippen LogP contribution is -2.53. The van der Waals surface area contributed by atoms with Crippen molar-refractivity contribution in [3.63, 3.8) is 0 Å². The molecule has 2 N–H and O–H groups in total. The van der Waals surface area contributed by atoms with Crippen LogP contribution < -0.4 is 15.4 Å². The van der Waals surface area contributed by atoms with Crippen molar-refractivity contribution in [1.29, 1.82) is 5.26 Å². The summed E-state index contributed by atoms with van der Waals surface area (Å²) in [6.45, 7) is 0. The van der Waals surface area contributed by atoms with E-state index in [0.29, 0.717) is 0 Å². The molecule has 18 heavy (non-hydrogen) atoms. The molecule has 0 saturated carbocycles. The lowest BCUT2D eigenvalue weighted by molar-refractivity contribution is -0.123. The van der Waals surface area contributed by atoms with E-state index in [1.807, 2.05) is 18.2 Å². The van der Waals surface area contributed by atoms with Crippen molar-refractivity contribution in [3.05, 3.63) is 29.8 Å². The first-order chi connectivity index (χ1) is 8.65. The van der Waals surface area contributed by atoms with Crippen LogP contribution >= 0.6 is 12.2 Å². The fourth-order valence-corrected chi connectivity index (χ4v) is 2.05. The Kier molecular flexibility index (Phi) is 3.44. The van der Waals surface area contributed by atoms with Crippen molar-refractivity contribution in [2.24, 2.45) is 5.92 Å². The van der Waals surface area contributed by atoms with Crippen LogP contribution in [0, 0.1) is 17.2 Å². The Morgan fingerprint density at radius 2 is 2.06 bits per heavy atom. The first-order valence-electron chi connectivity index (χ1n) is 5.30. The molecule has 2 rings (SSSR count). The Morgan fingerprint density at radius 1 is 1.39 bits per heavy atom. The van der Waals surface area contributed by atoms with Gasteiger partial charge in [0, 0.05) is 0 Å². The summed E-state index contributed by atoms with van der Waals surface area (Å²) in [6, 6.07) is 8.73. The summed E-state index contributed by atoms with van der Waals surface area (Å²) in [4.78, 5) is 11.7. The minimum Gasteiger partial charge on any atom is -0.497 e. The molecule has 0 bridgehead atoms. The van der Waals surface area contributed by atoms with Crippen LogP contribution in [0.15, 0.2) is 24.3 Å². The molecule has 2 atom stereocenters. The van der Waals surface area contributed by atoms with Gasteiger partial charge in [-0.2, -0.15) is 5.26 Å². The highest BCUT2D eigenvalue weighted by molar-refractivity contribution is 7.80. The third kappa shape index (κ3) is 2.26. The number of hydrogen-bond acceptors (Lipinski definition) is 4. The van der Waals surface area contributed by atoms with Crippen LogP contribution in [0.1, 0.15) is 11.6 Å². The molecule has 1 aliphatic rings. The van der Waals surface area contributed by atoms with E-state index in [4.69, 9.17) is 22.2 Å². The average Bonchev–Trinajstić information content (AvgIpc) is 2.38. The molecular formula is C12H11N3O2S. The van der Waals surface area contributed by atoms with Gasteiger partial charge < -0.3 is 15.4 Å². The van der Waals surface area contributed by atoms with Crippen LogP contribution in [0.25, 0.3) is 0 Å². The lowest BCUT2D eigenvalue weighted by atomic mass is 9.92. The maximum atomic E-state index is 11.7. The number of carbonyl (C=O) groups is 1. The van der Waals surface area contributed by atoms with Gasteiger partial charge in [0.2, 0.25) is 5.91 Å². The number of carbonyl (C=O) groups excluding carboxylic acids is 1. The van der Waals surface area contributed by atoms with Crippen LogP contribution in [0.2, 0.25) is 0 Å². The number of rotatable bonds is 2. The minimum atomic E-state index is -0.801. The van der Waals surface area contributed by atoms with E-state index in [0.717, 1.165) is 11.3 Å². The van der Waals surface area contributed by atoms with Crippen LogP contribution in [0.3, 0.4) is 0 Å². The molecule has 0 spiro atoms. The number of thiocarbonyl (C=S) groups is 1. The second kappa shape index (κ2) is 5.02. The molecule has 0 aromatic heterocycles. The van der Waals surface area contributed by atoms with E-state index in [1.165, 1.54) is 0 Å². The Balaban J connectivity index is 2.31. The Hall–Kier alpha value is -2.13. The number of amides is 1. The minimum absolute atomic E-state index is 0.243. The Labute approximate surface area is 110 Å². The van der Waals surface area contributed by atoms with E-state index in [9.17, 15) is 4.79 Å². The average molecular weight is 261 g/mol. The van der Waals surface area contributed by atoms with Crippen molar-refractivity contribution in [2.45, 2.75) is 6.04 Å². The Bertz CT molecular complexity index is 521. The van der Waals surface area contributed by atoms with Crippen molar-refractivity contribution < 1.29 is 9.53 Å². The summed E-state index contributed by atoms with van der Waals surface area (Å²) in [5, 5.41) is 14.7. The first-order valence-corrected chi connectivity index (χ1v) is 5.71. The molecule has 1 aliphatic heterocycles. The first kappa shape index (κ1) is 12.3. The van der Waals surface area contributed by atoms with Gasteiger partial charge in [0.1, 0.15) is 11.7 Å². The predicted molar refractivity (Wildman–Crippen MR) is 68.7 cm³/mol. The summed E-state index contributed by atoms with van der Waals surface area (Å²) < 4.78 is 5.06. The number of hydrogen-bond donors (Lipinski definition) is 2. The summed E-state index contributed by atoms with van der Waals surface area (Å²) >= 11 is 4.93. The molecule has 1 aromatic rings. The van der Waals surface area contributed by atoms with E-state index in [1.54, 1.807) is 19.2 Å². The van der Waals surface area contributed by atoms with Gasteiger partial charge in [-0.25, -0.2) is 0 Å². The molecule has 1 amide bonds. The van der Waals surface area contributed by atoms with Gasteiger partial charge in [-0.1, -0.05) is 12.1 Å². The molecule has 1 saturated heterocycles. The van der Waals surface area contributed by atoms with Crippen LogP contribution in [-0.4, -0.2) is 18.1 Å². The van der Waals surface area contributed by atoms with Gasteiger partial charge in [0.15, 0.2) is 5.11 Å². The SMILES string of the molecule is COc1ccc(C2NC(=S)NC(=O)C2C#N)cc1. The standard InChI is InChI=1S/C12H11N3O2S/c1-17-8-4-2-7(3-5-8)10-9(6-13)11(16)15-12(18)14-10/h2-5,9-10H,1H3,(H2,14,15,16,18). The van der Waals surface area contributed by atoms with Crippen LogP contribution in [-0.2, 0) is 4.79 Å². The van der Waals surface area contributed by atoms with Gasteiger partial charge in [-0.3, -0.25) is 4.79 Å². The van der Waals surface area contributed by atoms with E-state index >= 15 is 0 Å². The number of benzene rings is 1. The smallest absolute Gasteiger partial charge is 0.245 e. The van der Waals surface area contributed by atoms with Gasteiger partial charge in [0.25, 0.3) is 0 Å². The van der Waals surface area contributed by atoms with E-state index in [-0.39, 0.29) is 11.0 Å². The molecule has 1 heterocycles. The zero-order chi connectivity index (χ0) is 13.1. The summed E-state index contributed by atoms with van der Waals surface area (Å²) in [7, 11) is 1.58. The maximum absolute atomic E-state index is 11.7. The number of methoxy groups -OCH3 is 1. The van der Waals surface area contributed by atoms with Crippen molar-refractivity contribution >= 4 is 23.2 Å². The zero-order valence-electron chi connectivity index (χ0n) is 9.64. The van der Waals surface area contributed by atoms with Gasteiger partial charge in [0.05, 0.1) is 19.2 Å². The molecule has 0 aliphatic carbocycles. The quantitative estimate of drug-likeness (QED) is 0.773. The zero-order valence-corrected chi connectivity index (χ0v) is 10.5. The largest absolute Gasteiger partial charge is 0.497 e. The van der Waals surface area contributed by atoms with Crippen LogP contribution in [0.5, 0.6) is 5.75 Å². The van der Waals surface area contributed by atoms with Crippen molar-refractivity contribution in [2.75, 3.05) is 7.11 Å². The third-order valence-corrected chi connectivity index (χ3v) is 2.97. The topological polar surface area (TPSA) is 74.2 Å². The van der Waals surface area contributed by atoms with Gasteiger partial charge >= 0.3 is 0 Å². The van der Waals surface area contributed by atoms with Crippen LogP contribution in [0.4, 0.5) is 0 Å². The predicted octanol–water partition coefficient (Wildman–Crippen LogP) is 0.880. The highest BCUT2D eigenvalue weighted by Crippen LogP contribution is 2.26. The molecule has 0 radical (unpaired) electrons. The second-order valence-corrected chi connectivity index (χ2v) is 4.23. The molecule has 92 valence electrons. The summed E-state index contributed by atoms with van der Waals surface area (Å²) in [5.74, 6) is -0.456. The normalized spacial score (nSPS) is 22.7. The highest BCUT2D eigenvalue weighted by Gasteiger charge is 2.34. The van der Waals surface area contributed by atoms with Gasteiger partial charge in [-0.05, 0) is 29.9 Å². The fraction of sp³-hybridized carbons (Fsp3) is 0.250. The van der Waals surface area contributed by atoms with E-state index in [2.05, 4.69) is 10.6 Å². The lowest BCUT2D eigenvalue weighted by Gasteiger charge is -2.29. The molecule has 2 unspecified atom stereocenters. The number of ether oxygens (including phenoxy) is 1. The van der Waals surface area contributed by atoms with E-state index < -0.39 is 12.0 Å². The highest BCUT2D eigenvalue weighted by atomic mass is 32.1. The number of nitriles is 1. The van der Waals surface area contributed by atoms with Crippen molar-refractivity contribution in [3.8, 4) is 11.8 Å². The molecule has 6 heteroatoms. The number of nitrogens with zero attached hydrogens (tertiary/aromatic N) is 1. The summed E-state index contributed by atoms with van der Waals surface area (Å²) in [6.07, 6.45) is 0. The Morgan fingerprint density at radius 3 is 2.61 bits per heavy atom.